The van der Waals surface area contributed by atoms with Crippen LogP contribution >= 0.6 is 0 Å². The van der Waals surface area contributed by atoms with Gasteiger partial charge in [-0.2, -0.15) is 0 Å². The molecule has 0 radical (unpaired) electrons. The topological polar surface area (TPSA) is 37.3 Å². The number of rotatable bonds is 5. The van der Waals surface area contributed by atoms with Gasteiger partial charge in [0.05, 0.1) is 5.92 Å². The number of hydrogen-bond acceptors (Lipinski definition) is 1. The number of carbonyl (C=O) groups is 1. The van der Waals surface area contributed by atoms with Gasteiger partial charge in [-0.15, -0.1) is 0 Å². The molecule has 2 heteroatoms. The summed E-state index contributed by atoms with van der Waals surface area (Å²) in [5.74, 6) is 0.100. The van der Waals surface area contributed by atoms with Crippen molar-refractivity contribution in [3.8, 4) is 0 Å². The predicted molar refractivity (Wildman–Crippen MR) is 88.9 cm³/mol. The highest BCUT2D eigenvalue weighted by Crippen LogP contribution is 2.38. The zero-order chi connectivity index (χ0) is 15.5. The molecule has 116 valence electrons. The van der Waals surface area contributed by atoms with E-state index in [0.29, 0.717) is 18.3 Å². The van der Waals surface area contributed by atoms with E-state index in [1.165, 1.54) is 36.0 Å². The molecule has 22 heavy (non-hydrogen) atoms. The fourth-order valence-electron chi connectivity index (χ4n) is 3.78. The molecule has 0 saturated heterocycles. The second kappa shape index (κ2) is 6.51. The lowest BCUT2D eigenvalue weighted by atomic mass is 9.78. The summed E-state index contributed by atoms with van der Waals surface area (Å²) in [5, 5.41) is 9.03. The lowest BCUT2D eigenvalue weighted by molar-refractivity contribution is -0.141. The van der Waals surface area contributed by atoms with E-state index >= 15 is 0 Å². The molecule has 0 fully saturated rings. The standard InChI is InChI=1S/C20H24O2/c1-14(20(21)22)11-15-9-10-16(12-15)13-18-7-4-6-17-5-2-3-8-19(17)18/h2-3,5,8-10,12,14,16,18H,4,6-7,11,13H2,1H3,(H,21,22)/t14-,16?,18?/m1/s1. The summed E-state index contributed by atoms with van der Waals surface area (Å²) in [5.41, 5.74) is 4.23. The maximum atomic E-state index is 11.0. The van der Waals surface area contributed by atoms with Gasteiger partial charge in [0, 0.05) is 0 Å². The number of allylic oxidation sites excluding steroid dienone is 4. The fourth-order valence-corrected chi connectivity index (χ4v) is 3.78. The minimum atomic E-state index is -0.709. The minimum absolute atomic E-state index is 0.301. The van der Waals surface area contributed by atoms with Crippen LogP contribution in [0.25, 0.3) is 0 Å². The highest BCUT2D eigenvalue weighted by molar-refractivity contribution is 5.70. The Morgan fingerprint density at radius 1 is 1.36 bits per heavy atom. The Morgan fingerprint density at radius 2 is 2.18 bits per heavy atom. The smallest absolute Gasteiger partial charge is 0.306 e. The van der Waals surface area contributed by atoms with Crippen LogP contribution < -0.4 is 0 Å². The van der Waals surface area contributed by atoms with Crippen molar-refractivity contribution in [2.75, 3.05) is 0 Å². The van der Waals surface area contributed by atoms with E-state index in [1.807, 2.05) is 0 Å². The molecule has 0 spiro atoms. The van der Waals surface area contributed by atoms with Crippen LogP contribution in [0.2, 0.25) is 0 Å². The zero-order valence-electron chi connectivity index (χ0n) is 13.2. The quantitative estimate of drug-likeness (QED) is 0.853. The van der Waals surface area contributed by atoms with Crippen LogP contribution in [0.3, 0.4) is 0 Å². The summed E-state index contributed by atoms with van der Waals surface area (Å²) in [6.07, 6.45) is 12.2. The lowest BCUT2D eigenvalue weighted by Gasteiger charge is -2.26. The zero-order valence-corrected chi connectivity index (χ0v) is 13.2. The van der Waals surface area contributed by atoms with Crippen LogP contribution in [0.4, 0.5) is 0 Å². The van der Waals surface area contributed by atoms with Crippen LogP contribution in [0.1, 0.15) is 49.7 Å². The highest BCUT2D eigenvalue weighted by Gasteiger charge is 2.23. The van der Waals surface area contributed by atoms with Gasteiger partial charge in [0.2, 0.25) is 0 Å². The van der Waals surface area contributed by atoms with Gasteiger partial charge in [-0.05, 0) is 55.1 Å². The molecule has 3 atom stereocenters. The Hall–Kier alpha value is -1.83. The molecule has 1 aromatic carbocycles. The van der Waals surface area contributed by atoms with Gasteiger partial charge in [0.15, 0.2) is 0 Å². The summed E-state index contributed by atoms with van der Waals surface area (Å²) in [7, 11) is 0. The summed E-state index contributed by atoms with van der Waals surface area (Å²) < 4.78 is 0. The molecule has 0 saturated carbocycles. The number of fused-ring (bicyclic) bond motifs is 1. The monoisotopic (exact) mass is 296 g/mol. The molecule has 2 aliphatic rings. The molecule has 1 aromatic rings. The molecule has 0 amide bonds. The van der Waals surface area contributed by atoms with Crippen molar-refractivity contribution in [3.63, 3.8) is 0 Å². The normalized spacial score (nSPS) is 24.7. The van der Waals surface area contributed by atoms with Crippen LogP contribution in [-0.4, -0.2) is 11.1 Å². The first-order chi connectivity index (χ1) is 10.6. The van der Waals surface area contributed by atoms with E-state index in [1.54, 1.807) is 6.92 Å². The van der Waals surface area contributed by atoms with E-state index in [-0.39, 0.29) is 5.92 Å². The third kappa shape index (κ3) is 3.32. The molecule has 0 bridgehead atoms. The Bertz CT molecular complexity index is 612. The van der Waals surface area contributed by atoms with Gasteiger partial charge in [0.1, 0.15) is 0 Å². The number of benzene rings is 1. The summed E-state index contributed by atoms with van der Waals surface area (Å²) in [6.45, 7) is 1.78. The molecule has 0 heterocycles. The van der Waals surface area contributed by atoms with Gasteiger partial charge in [0.25, 0.3) is 0 Å². The molecule has 2 unspecified atom stereocenters. The molecule has 0 aliphatic heterocycles. The first-order valence-corrected chi connectivity index (χ1v) is 8.33. The van der Waals surface area contributed by atoms with Crippen LogP contribution in [0.5, 0.6) is 0 Å². The van der Waals surface area contributed by atoms with Gasteiger partial charge in [-0.25, -0.2) is 0 Å². The van der Waals surface area contributed by atoms with Crippen molar-refractivity contribution in [1.82, 2.24) is 0 Å². The Morgan fingerprint density at radius 3 is 3.00 bits per heavy atom. The molecular formula is C20H24O2. The number of aryl methyl sites for hydroxylation is 1. The summed E-state index contributed by atoms with van der Waals surface area (Å²) >= 11 is 0. The molecule has 2 aliphatic carbocycles. The van der Waals surface area contributed by atoms with Crippen LogP contribution in [0.15, 0.2) is 48.1 Å². The van der Waals surface area contributed by atoms with E-state index < -0.39 is 5.97 Å². The van der Waals surface area contributed by atoms with Crippen molar-refractivity contribution in [1.29, 1.82) is 0 Å². The van der Waals surface area contributed by atoms with Crippen molar-refractivity contribution >= 4 is 5.97 Å². The van der Waals surface area contributed by atoms with Gasteiger partial charge in [-0.3, -0.25) is 4.79 Å². The number of hydrogen-bond donors (Lipinski definition) is 1. The Balaban J connectivity index is 1.65. The molecule has 1 N–H and O–H groups in total. The van der Waals surface area contributed by atoms with Crippen molar-refractivity contribution in [2.45, 2.75) is 44.9 Å². The van der Waals surface area contributed by atoms with E-state index in [4.69, 9.17) is 5.11 Å². The van der Waals surface area contributed by atoms with E-state index in [2.05, 4.69) is 42.5 Å². The van der Waals surface area contributed by atoms with Gasteiger partial charge in [-0.1, -0.05) is 55.0 Å². The predicted octanol–water partition coefficient (Wildman–Crippen LogP) is 4.72. The summed E-state index contributed by atoms with van der Waals surface area (Å²) in [6, 6.07) is 8.84. The van der Waals surface area contributed by atoms with E-state index in [0.717, 1.165) is 6.42 Å². The second-order valence-electron chi connectivity index (χ2n) is 6.73. The maximum Gasteiger partial charge on any atom is 0.306 e. The molecular weight excluding hydrogens is 272 g/mol. The van der Waals surface area contributed by atoms with E-state index in [9.17, 15) is 4.79 Å². The third-order valence-electron chi connectivity index (χ3n) is 5.00. The second-order valence-corrected chi connectivity index (χ2v) is 6.73. The summed E-state index contributed by atoms with van der Waals surface area (Å²) in [4.78, 5) is 11.0. The van der Waals surface area contributed by atoms with Crippen molar-refractivity contribution in [2.24, 2.45) is 11.8 Å². The average Bonchev–Trinajstić information content (AvgIpc) is 2.94. The largest absolute Gasteiger partial charge is 0.481 e. The molecule has 2 nitrogen and oxygen atoms in total. The Kier molecular flexibility index (Phi) is 4.47. The lowest BCUT2D eigenvalue weighted by Crippen LogP contribution is -2.12. The maximum absolute atomic E-state index is 11.0. The number of aliphatic carboxylic acids is 1. The Labute approximate surface area is 132 Å². The first-order valence-electron chi connectivity index (χ1n) is 8.33. The van der Waals surface area contributed by atoms with Gasteiger partial charge < -0.3 is 5.11 Å². The molecule has 3 rings (SSSR count). The van der Waals surface area contributed by atoms with Gasteiger partial charge >= 0.3 is 5.97 Å². The van der Waals surface area contributed by atoms with Crippen LogP contribution in [0, 0.1) is 11.8 Å². The average molecular weight is 296 g/mol. The van der Waals surface area contributed by atoms with Crippen molar-refractivity contribution < 1.29 is 9.90 Å². The van der Waals surface area contributed by atoms with Crippen molar-refractivity contribution in [3.05, 3.63) is 59.2 Å². The third-order valence-corrected chi connectivity index (χ3v) is 5.00. The number of carboxylic acids is 1. The molecule has 0 aromatic heterocycles. The number of carboxylic acid groups (broad SMARTS) is 1. The first kappa shape index (κ1) is 15.1. The van der Waals surface area contributed by atoms with Crippen LogP contribution in [-0.2, 0) is 11.2 Å². The SMILES string of the molecule is C[C@H](CC1=CC(CC2CCCc3ccccc32)C=C1)C(=O)O. The minimum Gasteiger partial charge on any atom is -0.481 e. The fraction of sp³-hybridized carbons (Fsp3) is 0.450. The highest BCUT2D eigenvalue weighted by atomic mass is 16.4.